The Hall–Kier alpha value is -1.47. The molecule has 3 heterocycles. The molecule has 1 saturated carbocycles. The van der Waals surface area contributed by atoms with Gasteiger partial charge >= 0.3 is 5.97 Å². The zero-order valence-electron chi connectivity index (χ0n) is 20.8. The Morgan fingerprint density at radius 3 is 2.31 bits per heavy atom. The summed E-state index contributed by atoms with van der Waals surface area (Å²) in [5.41, 5.74) is 2.92. The number of carbonyl (C=O) groups is 1. The van der Waals surface area contributed by atoms with Crippen LogP contribution in [0.5, 0.6) is 0 Å². The smallest absolute Gasteiger partial charge is 0.306 e. The summed E-state index contributed by atoms with van der Waals surface area (Å²) < 4.78 is 30.8. The van der Waals surface area contributed by atoms with Crippen molar-refractivity contribution in [1.82, 2.24) is 0 Å². The van der Waals surface area contributed by atoms with E-state index in [9.17, 15) is 4.79 Å². The maximum Gasteiger partial charge on any atom is 0.306 e. The van der Waals surface area contributed by atoms with Crippen molar-refractivity contribution in [3.05, 3.63) is 35.4 Å². The van der Waals surface area contributed by atoms with Gasteiger partial charge in [0.25, 0.3) is 0 Å². The van der Waals surface area contributed by atoms with E-state index in [1.807, 2.05) is 0 Å². The largest absolute Gasteiger partial charge is 0.462 e. The van der Waals surface area contributed by atoms with E-state index in [1.54, 1.807) is 0 Å². The van der Waals surface area contributed by atoms with E-state index in [2.05, 4.69) is 24.3 Å². The number of fused-ring (bicyclic) bond motifs is 2. The Kier molecular flexibility index (Phi) is 7.43. The van der Waals surface area contributed by atoms with Crippen LogP contribution in [0, 0.1) is 17.8 Å². The highest BCUT2D eigenvalue weighted by molar-refractivity contribution is 5.72. The minimum absolute atomic E-state index is 0.00197. The van der Waals surface area contributed by atoms with Gasteiger partial charge < -0.3 is 23.7 Å². The first kappa shape index (κ1) is 23.9. The Morgan fingerprint density at radius 2 is 1.63 bits per heavy atom. The van der Waals surface area contributed by atoms with E-state index in [4.69, 9.17) is 23.7 Å². The molecule has 0 radical (unpaired) electrons. The second-order valence-electron chi connectivity index (χ2n) is 11.3. The predicted octanol–water partition coefficient (Wildman–Crippen LogP) is 4.96. The maximum atomic E-state index is 12.1. The van der Waals surface area contributed by atoms with E-state index in [1.165, 1.54) is 17.5 Å². The molecule has 3 saturated heterocycles. The van der Waals surface area contributed by atoms with Crippen molar-refractivity contribution >= 4 is 5.97 Å². The number of carbonyl (C=O) groups excluding carboxylic acids is 1. The molecule has 6 nitrogen and oxygen atoms in total. The lowest BCUT2D eigenvalue weighted by Gasteiger charge is -2.33. The molecule has 2 aliphatic carbocycles. The minimum atomic E-state index is -0.113. The van der Waals surface area contributed by atoms with E-state index in [-0.39, 0.29) is 42.8 Å². The molecule has 6 rings (SSSR count). The van der Waals surface area contributed by atoms with Gasteiger partial charge in [-0.15, -0.1) is 0 Å². The van der Waals surface area contributed by atoms with Crippen molar-refractivity contribution in [2.24, 2.45) is 17.8 Å². The number of hydrogen-bond donors (Lipinski definition) is 0. The lowest BCUT2D eigenvalue weighted by atomic mass is 9.85. The maximum absolute atomic E-state index is 12.1. The number of ether oxygens (including phenoxy) is 5. The minimum Gasteiger partial charge on any atom is -0.462 e. The summed E-state index contributed by atoms with van der Waals surface area (Å²) in [4.78, 5) is 12.1. The summed E-state index contributed by atoms with van der Waals surface area (Å²) in [6.07, 6.45) is 12.0. The van der Waals surface area contributed by atoms with Gasteiger partial charge in [-0.3, -0.25) is 4.79 Å². The highest BCUT2D eigenvalue weighted by atomic mass is 16.7. The molecule has 5 aliphatic rings. The summed E-state index contributed by atoms with van der Waals surface area (Å²) in [5, 5.41) is 0. The lowest BCUT2D eigenvalue weighted by molar-refractivity contribution is -0.205. The topological polar surface area (TPSA) is 63.2 Å². The second-order valence-corrected chi connectivity index (χ2v) is 11.3. The zero-order chi connectivity index (χ0) is 23.6. The van der Waals surface area contributed by atoms with Crippen LogP contribution in [0.3, 0.4) is 0 Å². The molecule has 0 aromatic heterocycles. The van der Waals surface area contributed by atoms with Crippen molar-refractivity contribution < 1.29 is 28.5 Å². The Morgan fingerprint density at radius 1 is 0.914 bits per heavy atom. The van der Waals surface area contributed by atoms with Gasteiger partial charge in [0.2, 0.25) is 0 Å². The standard InChI is InChI=1S/C29H40O6/c30-27-17-23-22(25(18-26(23)33-27)35-29-10-4-6-14-32-29)11-12-24(34-28-9-3-5-13-31-28)21-15-19-7-1-2-8-20(19)16-21/h1-2,7-8,21-26,28-29H,3-6,9-18H2. The molecule has 1 aromatic carbocycles. The highest BCUT2D eigenvalue weighted by Gasteiger charge is 2.51. The van der Waals surface area contributed by atoms with Crippen LogP contribution in [-0.2, 0) is 41.3 Å². The van der Waals surface area contributed by atoms with E-state index in [0.29, 0.717) is 18.3 Å². The fourth-order valence-corrected chi connectivity index (χ4v) is 7.17. The molecule has 4 fully saturated rings. The van der Waals surface area contributed by atoms with Crippen LogP contribution in [-0.4, -0.2) is 50.1 Å². The van der Waals surface area contributed by atoms with Gasteiger partial charge in [-0.2, -0.15) is 0 Å². The first-order valence-corrected chi connectivity index (χ1v) is 14.0. The van der Waals surface area contributed by atoms with Crippen LogP contribution in [0.25, 0.3) is 0 Å². The van der Waals surface area contributed by atoms with Crippen LogP contribution in [0.1, 0.15) is 75.3 Å². The van der Waals surface area contributed by atoms with Gasteiger partial charge in [-0.05, 0) is 87.2 Å². The van der Waals surface area contributed by atoms with Gasteiger partial charge in [0.1, 0.15) is 6.10 Å². The summed E-state index contributed by atoms with van der Waals surface area (Å²) in [6, 6.07) is 8.82. The molecular formula is C29H40O6. The lowest BCUT2D eigenvalue weighted by Crippen LogP contribution is -2.35. The van der Waals surface area contributed by atoms with Crippen LogP contribution in [0.2, 0.25) is 0 Å². The first-order valence-electron chi connectivity index (χ1n) is 14.0. The predicted molar refractivity (Wildman–Crippen MR) is 130 cm³/mol. The zero-order valence-corrected chi connectivity index (χ0v) is 20.8. The quantitative estimate of drug-likeness (QED) is 0.486. The normalized spacial score (nSPS) is 36.1. The number of esters is 1. The van der Waals surface area contributed by atoms with Crippen molar-refractivity contribution in [1.29, 1.82) is 0 Å². The van der Waals surface area contributed by atoms with Gasteiger partial charge in [0.05, 0.1) is 18.6 Å². The van der Waals surface area contributed by atoms with Crippen molar-refractivity contribution in [2.75, 3.05) is 13.2 Å². The Balaban J connectivity index is 1.15. The monoisotopic (exact) mass is 484 g/mol. The second kappa shape index (κ2) is 10.9. The van der Waals surface area contributed by atoms with Crippen molar-refractivity contribution in [3.63, 3.8) is 0 Å². The van der Waals surface area contributed by atoms with Gasteiger partial charge in [-0.25, -0.2) is 0 Å². The third-order valence-corrected chi connectivity index (χ3v) is 8.98. The third kappa shape index (κ3) is 5.46. The van der Waals surface area contributed by atoms with E-state index >= 15 is 0 Å². The average Bonchev–Trinajstić information content (AvgIpc) is 3.55. The Bertz CT molecular complexity index is 835. The fourth-order valence-electron chi connectivity index (χ4n) is 7.17. The van der Waals surface area contributed by atoms with Crippen LogP contribution < -0.4 is 0 Å². The van der Waals surface area contributed by atoms with Crippen LogP contribution in [0.4, 0.5) is 0 Å². The summed E-state index contributed by atoms with van der Waals surface area (Å²) in [5.74, 6) is 0.979. The average molecular weight is 485 g/mol. The number of benzene rings is 1. The molecule has 0 amide bonds. The molecule has 7 atom stereocenters. The van der Waals surface area contributed by atoms with Crippen LogP contribution >= 0.6 is 0 Å². The van der Waals surface area contributed by atoms with E-state index in [0.717, 1.165) is 77.4 Å². The van der Waals surface area contributed by atoms with Crippen molar-refractivity contribution in [3.8, 4) is 0 Å². The molecule has 6 heteroatoms. The highest BCUT2D eigenvalue weighted by Crippen LogP contribution is 2.46. The molecule has 1 aromatic rings. The molecule has 192 valence electrons. The molecule has 7 unspecified atom stereocenters. The summed E-state index contributed by atoms with van der Waals surface area (Å²) >= 11 is 0. The molecule has 0 spiro atoms. The summed E-state index contributed by atoms with van der Waals surface area (Å²) in [7, 11) is 0. The molecule has 0 bridgehead atoms. The van der Waals surface area contributed by atoms with Gasteiger partial charge in [0, 0.05) is 25.6 Å². The molecular weight excluding hydrogens is 444 g/mol. The van der Waals surface area contributed by atoms with Crippen molar-refractivity contribution in [2.45, 2.75) is 108 Å². The van der Waals surface area contributed by atoms with Crippen LogP contribution in [0.15, 0.2) is 24.3 Å². The number of hydrogen-bond acceptors (Lipinski definition) is 6. The van der Waals surface area contributed by atoms with Gasteiger partial charge in [0.15, 0.2) is 12.6 Å². The third-order valence-electron chi connectivity index (χ3n) is 8.98. The number of rotatable bonds is 8. The first-order chi connectivity index (χ1) is 17.2. The molecule has 0 N–H and O–H groups in total. The molecule has 3 aliphatic heterocycles. The SMILES string of the molecule is O=C1CC2C(CC(OC3CCCCO3)C2CCC(OC2CCCCO2)C2Cc3ccccc3C2)O1. The van der Waals surface area contributed by atoms with E-state index < -0.39 is 0 Å². The fraction of sp³-hybridized carbons (Fsp3) is 0.759. The van der Waals surface area contributed by atoms with Gasteiger partial charge in [-0.1, -0.05) is 24.3 Å². The Labute approximate surface area is 209 Å². The molecule has 35 heavy (non-hydrogen) atoms. The summed E-state index contributed by atoms with van der Waals surface area (Å²) in [6.45, 7) is 1.58.